The molecule has 0 heterocycles. The molecule has 0 aliphatic heterocycles. The summed E-state index contributed by atoms with van der Waals surface area (Å²) in [6.45, 7) is 7.87. The Morgan fingerprint density at radius 3 is 1.75 bits per heavy atom. The van der Waals surface area contributed by atoms with E-state index in [4.69, 9.17) is 9.47 Å². The smallest absolute Gasteiger partial charge is 0.175 e. The Morgan fingerprint density at radius 1 is 0.750 bits per heavy atom. The Hall–Kier alpha value is -2.01. The van der Waals surface area contributed by atoms with Crippen LogP contribution in [0.3, 0.4) is 0 Å². The summed E-state index contributed by atoms with van der Waals surface area (Å²) in [5.74, 6) is 1.39. The maximum absolute atomic E-state index is 11.6. The molecule has 2 aromatic rings. The van der Waals surface area contributed by atoms with Crippen LogP contribution in [-0.4, -0.2) is 26.9 Å². The van der Waals surface area contributed by atoms with E-state index >= 15 is 0 Å². The fraction of sp³-hybridized carbons (Fsp3) is 0.368. The zero-order valence-electron chi connectivity index (χ0n) is 14.7. The molecule has 0 aliphatic carbocycles. The van der Waals surface area contributed by atoms with Crippen LogP contribution in [0.5, 0.6) is 11.5 Å². The minimum atomic E-state index is -3.19. The lowest BCUT2D eigenvalue weighted by Crippen LogP contribution is -2.10. The number of hydrogen-bond donors (Lipinski definition) is 0. The second-order valence-electron chi connectivity index (χ2n) is 6.29. The van der Waals surface area contributed by atoms with Crippen molar-refractivity contribution in [3.8, 4) is 22.6 Å². The highest BCUT2D eigenvalue weighted by Crippen LogP contribution is 2.34. The van der Waals surface area contributed by atoms with Gasteiger partial charge in [0.05, 0.1) is 17.1 Å². The van der Waals surface area contributed by atoms with E-state index in [0.29, 0.717) is 16.4 Å². The molecule has 4 nitrogen and oxygen atoms in total. The SMILES string of the molecule is CC(C)Oc1ccc(-c2ccc(S(C)(=O)=O)cc2)cc1OC(C)C. The monoisotopic (exact) mass is 348 g/mol. The van der Waals surface area contributed by atoms with E-state index in [0.717, 1.165) is 11.1 Å². The second kappa shape index (κ2) is 7.26. The first kappa shape index (κ1) is 18.3. The Morgan fingerprint density at radius 2 is 1.25 bits per heavy atom. The van der Waals surface area contributed by atoms with Crippen molar-refractivity contribution in [1.82, 2.24) is 0 Å². The number of hydrogen-bond acceptors (Lipinski definition) is 4. The Balaban J connectivity index is 2.40. The molecule has 0 radical (unpaired) electrons. The summed E-state index contributed by atoms with van der Waals surface area (Å²) >= 11 is 0. The van der Waals surface area contributed by atoms with E-state index in [-0.39, 0.29) is 12.2 Å². The largest absolute Gasteiger partial charge is 0.487 e. The normalized spacial score (nSPS) is 11.8. The highest BCUT2D eigenvalue weighted by molar-refractivity contribution is 7.90. The van der Waals surface area contributed by atoms with Gasteiger partial charge in [-0.05, 0) is 63.1 Å². The number of benzene rings is 2. The Labute approximate surface area is 144 Å². The van der Waals surface area contributed by atoms with E-state index in [2.05, 4.69) is 0 Å². The van der Waals surface area contributed by atoms with Gasteiger partial charge in [-0.3, -0.25) is 0 Å². The van der Waals surface area contributed by atoms with Gasteiger partial charge in [0.2, 0.25) is 0 Å². The molecular formula is C19H24O4S. The fourth-order valence-corrected chi connectivity index (χ4v) is 2.91. The Bertz CT molecular complexity index is 791. The number of sulfone groups is 1. The minimum Gasteiger partial charge on any atom is -0.487 e. The highest BCUT2D eigenvalue weighted by atomic mass is 32.2. The first-order chi connectivity index (χ1) is 11.2. The molecule has 130 valence electrons. The van der Waals surface area contributed by atoms with Crippen molar-refractivity contribution in [1.29, 1.82) is 0 Å². The number of rotatable bonds is 6. The van der Waals surface area contributed by atoms with Gasteiger partial charge in [0, 0.05) is 6.26 Å². The molecule has 5 heteroatoms. The third-order valence-corrected chi connectivity index (χ3v) is 4.41. The van der Waals surface area contributed by atoms with Crippen LogP contribution in [0.15, 0.2) is 47.4 Å². The van der Waals surface area contributed by atoms with E-state index in [1.165, 1.54) is 6.26 Å². The van der Waals surface area contributed by atoms with Crippen molar-refractivity contribution >= 4 is 9.84 Å². The zero-order chi connectivity index (χ0) is 17.9. The first-order valence-electron chi connectivity index (χ1n) is 7.94. The summed E-state index contributed by atoms with van der Waals surface area (Å²) in [7, 11) is -3.19. The van der Waals surface area contributed by atoms with Gasteiger partial charge in [-0.25, -0.2) is 8.42 Å². The average molecular weight is 348 g/mol. The van der Waals surface area contributed by atoms with Crippen molar-refractivity contribution in [3.05, 3.63) is 42.5 Å². The maximum Gasteiger partial charge on any atom is 0.175 e. The molecule has 0 unspecified atom stereocenters. The van der Waals surface area contributed by atoms with Crippen LogP contribution >= 0.6 is 0 Å². The molecule has 0 saturated heterocycles. The molecule has 0 amide bonds. The van der Waals surface area contributed by atoms with E-state index in [9.17, 15) is 8.42 Å². The van der Waals surface area contributed by atoms with Crippen molar-refractivity contribution in [2.45, 2.75) is 44.8 Å². The van der Waals surface area contributed by atoms with Gasteiger partial charge in [0.15, 0.2) is 21.3 Å². The molecule has 0 fully saturated rings. The van der Waals surface area contributed by atoms with E-state index in [1.54, 1.807) is 24.3 Å². The molecule has 0 bridgehead atoms. The average Bonchev–Trinajstić information content (AvgIpc) is 2.47. The molecule has 2 rings (SSSR count). The van der Waals surface area contributed by atoms with Gasteiger partial charge in [-0.2, -0.15) is 0 Å². The third kappa shape index (κ3) is 4.74. The van der Waals surface area contributed by atoms with Gasteiger partial charge in [0.25, 0.3) is 0 Å². The van der Waals surface area contributed by atoms with Crippen molar-refractivity contribution in [2.24, 2.45) is 0 Å². The molecular weight excluding hydrogens is 324 g/mol. The summed E-state index contributed by atoms with van der Waals surface area (Å²) in [4.78, 5) is 0.310. The molecule has 0 spiro atoms. The quantitative estimate of drug-likeness (QED) is 0.779. The minimum absolute atomic E-state index is 0.0300. The predicted octanol–water partition coefficient (Wildman–Crippen LogP) is 4.33. The van der Waals surface area contributed by atoms with Crippen LogP contribution < -0.4 is 9.47 Å². The standard InChI is InChI=1S/C19H24O4S/c1-13(2)22-18-11-8-16(12-19(18)23-14(3)4)15-6-9-17(10-7-15)24(5,20)21/h6-14H,1-5H3. The van der Waals surface area contributed by atoms with Crippen LogP contribution in [0, 0.1) is 0 Å². The Kier molecular flexibility index (Phi) is 5.54. The van der Waals surface area contributed by atoms with Gasteiger partial charge in [-0.15, -0.1) is 0 Å². The van der Waals surface area contributed by atoms with Crippen LogP contribution in [-0.2, 0) is 9.84 Å². The van der Waals surface area contributed by atoms with Crippen LogP contribution in [0.25, 0.3) is 11.1 Å². The van der Waals surface area contributed by atoms with Gasteiger partial charge in [0.1, 0.15) is 0 Å². The summed E-state index contributed by atoms with van der Waals surface area (Å²) in [6.07, 6.45) is 1.29. The van der Waals surface area contributed by atoms with Gasteiger partial charge >= 0.3 is 0 Å². The molecule has 0 saturated carbocycles. The molecule has 0 aromatic heterocycles. The lowest BCUT2D eigenvalue weighted by atomic mass is 10.1. The third-order valence-electron chi connectivity index (χ3n) is 3.28. The molecule has 0 atom stereocenters. The van der Waals surface area contributed by atoms with Gasteiger partial charge < -0.3 is 9.47 Å². The van der Waals surface area contributed by atoms with Crippen LogP contribution in [0.2, 0.25) is 0 Å². The lowest BCUT2D eigenvalue weighted by Gasteiger charge is -2.18. The molecule has 0 N–H and O–H groups in total. The number of ether oxygens (including phenoxy) is 2. The second-order valence-corrected chi connectivity index (χ2v) is 8.31. The topological polar surface area (TPSA) is 52.6 Å². The van der Waals surface area contributed by atoms with Crippen molar-refractivity contribution in [3.63, 3.8) is 0 Å². The fourth-order valence-electron chi connectivity index (χ4n) is 2.28. The predicted molar refractivity (Wildman–Crippen MR) is 96.5 cm³/mol. The summed E-state index contributed by atoms with van der Waals surface area (Å²) < 4.78 is 34.8. The summed E-state index contributed by atoms with van der Waals surface area (Å²) in [5.41, 5.74) is 1.87. The van der Waals surface area contributed by atoms with E-state index in [1.807, 2.05) is 45.9 Å². The molecule has 2 aromatic carbocycles. The van der Waals surface area contributed by atoms with Crippen molar-refractivity contribution in [2.75, 3.05) is 6.26 Å². The van der Waals surface area contributed by atoms with Crippen LogP contribution in [0.4, 0.5) is 0 Å². The zero-order valence-corrected chi connectivity index (χ0v) is 15.6. The lowest BCUT2D eigenvalue weighted by molar-refractivity contribution is 0.199. The van der Waals surface area contributed by atoms with E-state index < -0.39 is 9.84 Å². The van der Waals surface area contributed by atoms with Gasteiger partial charge in [-0.1, -0.05) is 18.2 Å². The highest BCUT2D eigenvalue weighted by Gasteiger charge is 2.12. The molecule has 0 aliphatic rings. The summed E-state index contributed by atoms with van der Waals surface area (Å²) in [6, 6.07) is 12.6. The first-order valence-corrected chi connectivity index (χ1v) is 9.84. The van der Waals surface area contributed by atoms with Crippen LogP contribution in [0.1, 0.15) is 27.7 Å². The maximum atomic E-state index is 11.6. The van der Waals surface area contributed by atoms with Crippen molar-refractivity contribution < 1.29 is 17.9 Å². The molecule has 24 heavy (non-hydrogen) atoms. The summed E-state index contributed by atoms with van der Waals surface area (Å²) in [5, 5.41) is 0.